The van der Waals surface area contributed by atoms with Gasteiger partial charge in [-0.25, -0.2) is 4.98 Å². The summed E-state index contributed by atoms with van der Waals surface area (Å²) in [6.45, 7) is 9.91. The summed E-state index contributed by atoms with van der Waals surface area (Å²) in [6.07, 6.45) is 1.16. The average Bonchev–Trinajstić information content (AvgIpc) is 2.84. The first-order chi connectivity index (χ1) is 10.1. The third-order valence-corrected chi connectivity index (χ3v) is 4.43. The van der Waals surface area contributed by atoms with E-state index in [-0.39, 0.29) is 0 Å². The van der Waals surface area contributed by atoms with Crippen LogP contribution < -0.4 is 10.2 Å². The van der Waals surface area contributed by atoms with E-state index in [2.05, 4.69) is 43.1 Å². The summed E-state index contributed by atoms with van der Waals surface area (Å²) in [5, 5.41) is 4.50. The zero-order valence-electron chi connectivity index (χ0n) is 14.1. The van der Waals surface area contributed by atoms with E-state index in [0.717, 1.165) is 50.0 Å². The highest BCUT2D eigenvalue weighted by Gasteiger charge is 2.15. The number of rotatable bonds is 11. The first-order valence-electron chi connectivity index (χ1n) is 7.70. The van der Waals surface area contributed by atoms with E-state index in [9.17, 15) is 0 Å². The van der Waals surface area contributed by atoms with Crippen LogP contribution in [-0.2, 0) is 17.9 Å². The number of nitrogens with one attached hydrogen (secondary N) is 1. The van der Waals surface area contributed by atoms with Gasteiger partial charge in [-0.1, -0.05) is 6.92 Å². The van der Waals surface area contributed by atoms with E-state index in [1.807, 2.05) is 0 Å². The molecule has 0 unspecified atom stereocenters. The van der Waals surface area contributed by atoms with Crippen LogP contribution in [0.3, 0.4) is 0 Å². The minimum atomic E-state index is 0.590. The van der Waals surface area contributed by atoms with E-state index in [0.29, 0.717) is 6.61 Å². The van der Waals surface area contributed by atoms with Crippen LogP contribution in [0.5, 0.6) is 0 Å². The fourth-order valence-electron chi connectivity index (χ4n) is 2.10. The predicted octanol–water partition coefficient (Wildman–Crippen LogP) is 2.18. The Morgan fingerprint density at radius 3 is 2.57 bits per heavy atom. The number of hydrogen-bond donors (Lipinski definition) is 1. The number of nitrogens with zero attached hydrogens (tertiary/aromatic N) is 3. The summed E-state index contributed by atoms with van der Waals surface area (Å²) >= 11 is 1.79. The first-order valence-corrected chi connectivity index (χ1v) is 8.51. The van der Waals surface area contributed by atoms with Crippen LogP contribution >= 0.6 is 11.3 Å². The van der Waals surface area contributed by atoms with Crippen molar-refractivity contribution in [3.8, 4) is 0 Å². The minimum absolute atomic E-state index is 0.590. The SMILES string of the molecule is CCNCc1sc(N(CC)CCCN(C)C)nc1COC. The Bertz CT molecular complexity index is 395. The molecule has 21 heavy (non-hydrogen) atoms. The van der Waals surface area contributed by atoms with Gasteiger partial charge >= 0.3 is 0 Å². The third kappa shape index (κ3) is 6.30. The molecule has 0 saturated heterocycles. The lowest BCUT2D eigenvalue weighted by molar-refractivity contribution is 0.181. The third-order valence-electron chi connectivity index (χ3n) is 3.27. The van der Waals surface area contributed by atoms with Crippen molar-refractivity contribution in [1.29, 1.82) is 0 Å². The topological polar surface area (TPSA) is 40.6 Å². The van der Waals surface area contributed by atoms with E-state index in [4.69, 9.17) is 9.72 Å². The summed E-state index contributed by atoms with van der Waals surface area (Å²) in [6, 6.07) is 0. The monoisotopic (exact) mass is 314 g/mol. The summed E-state index contributed by atoms with van der Waals surface area (Å²) in [4.78, 5) is 10.7. The fraction of sp³-hybridized carbons (Fsp3) is 0.800. The van der Waals surface area contributed by atoms with E-state index in [1.165, 1.54) is 4.88 Å². The zero-order chi connectivity index (χ0) is 15.7. The summed E-state index contributed by atoms with van der Waals surface area (Å²) in [5.74, 6) is 0. The van der Waals surface area contributed by atoms with Crippen molar-refractivity contribution in [2.24, 2.45) is 0 Å². The predicted molar refractivity (Wildman–Crippen MR) is 91.3 cm³/mol. The van der Waals surface area contributed by atoms with E-state index in [1.54, 1.807) is 18.4 Å². The molecular formula is C15H30N4OS. The molecule has 1 rings (SSSR count). The Morgan fingerprint density at radius 1 is 1.24 bits per heavy atom. The maximum absolute atomic E-state index is 5.28. The van der Waals surface area contributed by atoms with Gasteiger partial charge in [0.05, 0.1) is 12.3 Å². The molecule has 0 saturated carbocycles. The van der Waals surface area contributed by atoms with Gasteiger partial charge in [0.1, 0.15) is 0 Å². The lowest BCUT2D eigenvalue weighted by Crippen LogP contribution is -2.26. The minimum Gasteiger partial charge on any atom is -0.378 e. The van der Waals surface area contributed by atoms with Crippen molar-refractivity contribution in [3.05, 3.63) is 10.6 Å². The highest BCUT2D eigenvalue weighted by atomic mass is 32.1. The van der Waals surface area contributed by atoms with Crippen LogP contribution in [0, 0.1) is 0 Å². The Labute approximate surface area is 133 Å². The second-order valence-corrected chi connectivity index (χ2v) is 6.38. The highest BCUT2D eigenvalue weighted by molar-refractivity contribution is 7.15. The maximum atomic E-state index is 5.28. The van der Waals surface area contributed by atoms with Crippen LogP contribution in [0.4, 0.5) is 5.13 Å². The number of ether oxygens (including phenoxy) is 1. The van der Waals surface area contributed by atoms with Crippen LogP contribution in [0.15, 0.2) is 0 Å². The molecule has 0 bridgehead atoms. The Morgan fingerprint density at radius 2 is 2.00 bits per heavy atom. The molecule has 5 nitrogen and oxygen atoms in total. The quantitative estimate of drug-likeness (QED) is 0.678. The summed E-state index contributed by atoms with van der Waals surface area (Å²) < 4.78 is 5.28. The Balaban J connectivity index is 2.73. The van der Waals surface area contributed by atoms with Gasteiger partial charge in [-0.2, -0.15) is 0 Å². The van der Waals surface area contributed by atoms with Crippen LogP contribution in [0.1, 0.15) is 30.8 Å². The van der Waals surface area contributed by atoms with Crippen molar-refractivity contribution in [3.63, 3.8) is 0 Å². The standard InChI is InChI=1S/C15H30N4OS/c1-6-16-11-14-13(12-20-5)17-15(21-14)19(7-2)10-8-9-18(3)4/h16H,6-12H2,1-5H3. The molecule has 122 valence electrons. The van der Waals surface area contributed by atoms with Gasteiger partial charge in [0.25, 0.3) is 0 Å². The highest BCUT2D eigenvalue weighted by Crippen LogP contribution is 2.27. The van der Waals surface area contributed by atoms with Gasteiger partial charge in [-0.15, -0.1) is 11.3 Å². The lowest BCUT2D eigenvalue weighted by atomic mass is 10.3. The van der Waals surface area contributed by atoms with Crippen LogP contribution in [0.25, 0.3) is 0 Å². The first kappa shape index (κ1) is 18.4. The lowest BCUT2D eigenvalue weighted by Gasteiger charge is -2.20. The van der Waals surface area contributed by atoms with E-state index >= 15 is 0 Å². The van der Waals surface area contributed by atoms with Gasteiger partial charge < -0.3 is 19.9 Å². The largest absolute Gasteiger partial charge is 0.378 e. The average molecular weight is 314 g/mol. The molecule has 1 aromatic heterocycles. The van der Waals surface area contributed by atoms with Gasteiger partial charge in [-0.3, -0.25) is 0 Å². The summed E-state index contributed by atoms with van der Waals surface area (Å²) in [7, 11) is 5.96. The smallest absolute Gasteiger partial charge is 0.185 e. The molecule has 0 radical (unpaired) electrons. The van der Waals surface area contributed by atoms with Crippen molar-refractivity contribution < 1.29 is 4.74 Å². The number of methoxy groups -OCH3 is 1. The van der Waals surface area contributed by atoms with Gasteiger partial charge in [-0.05, 0) is 40.5 Å². The molecule has 6 heteroatoms. The van der Waals surface area contributed by atoms with Gasteiger partial charge in [0, 0.05) is 31.6 Å². The number of thiazole rings is 1. The molecule has 0 aliphatic carbocycles. The Kier molecular flexibility index (Phi) is 8.84. The van der Waals surface area contributed by atoms with Crippen LogP contribution in [-0.4, -0.2) is 57.3 Å². The molecular weight excluding hydrogens is 284 g/mol. The molecule has 1 aromatic rings. The molecule has 0 spiro atoms. The number of hydrogen-bond acceptors (Lipinski definition) is 6. The Hall–Kier alpha value is -0.690. The number of aromatic nitrogens is 1. The van der Waals surface area contributed by atoms with Crippen LogP contribution in [0.2, 0.25) is 0 Å². The van der Waals surface area contributed by atoms with Crippen molar-refractivity contribution in [2.45, 2.75) is 33.4 Å². The maximum Gasteiger partial charge on any atom is 0.185 e. The fourth-order valence-corrected chi connectivity index (χ4v) is 3.22. The van der Waals surface area contributed by atoms with Gasteiger partial charge in [0.2, 0.25) is 0 Å². The molecule has 1 heterocycles. The van der Waals surface area contributed by atoms with Gasteiger partial charge in [0.15, 0.2) is 5.13 Å². The van der Waals surface area contributed by atoms with E-state index < -0.39 is 0 Å². The normalized spacial score (nSPS) is 11.3. The molecule has 0 aliphatic heterocycles. The van der Waals surface area contributed by atoms with Crippen molar-refractivity contribution in [1.82, 2.24) is 15.2 Å². The molecule has 0 amide bonds. The molecule has 0 fully saturated rings. The zero-order valence-corrected chi connectivity index (χ0v) is 14.9. The molecule has 0 atom stereocenters. The summed E-state index contributed by atoms with van der Waals surface area (Å²) in [5.41, 5.74) is 1.07. The second-order valence-electron chi connectivity index (χ2n) is 5.32. The van der Waals surface area contributed by atoms with Crippen molar-refractivity contribution >= 4 is 16.5 Å². The van der Waals surface area contributed by atoms with Crippen molar-refractivity contribution in [2.75, 3.05) is 52.3 Å². The second kappa shape index (κ2) is 10.1. The molecule has 1 N–H and O–H groups in total. The number of anilines is 1. The molecule has 0 aromatic carbocycles. The molecule has 0 aliphatic rings.